The zero-order valence-electron chi connectivity index (χ0n) is 18.8. The lowest BCUT2D eigenvalue weighted by Gasteiger charge is -2.24. The summed E-state index contributed by atoms with van der Waals surface area (Å²) in [4.78, 5) is 10.4. The molecule has 0 radical (unpaired) electrons. The van der Waals surface area contributed by atoms with E-state index in [4.69, 9.17) is 14.7 Å². The van der Waals surface area contributed by atoms with Gasteiger partial charge in [-0.05, 0) is 99.3 Å². The Morgan fingerprint density at radius 3 is 2.30 bits per heavy atom. The van der Waals surface area contributed by atoms with Gasteiger partial charge < -0.3 is 10.1 Å². The number of nitrogens with zero attached hydrogens (tertiary/aromatic N) is 2. The second-order valence-corrected chi connectivity index (χ2v) is 9.39. The van der Waals surface area contributed by atoms with Crippen molar-refractivity contribution in [3.8, 4) is 17.0 Å². The zero-order chi connectivity index (χ0) is 20.7. The normalized spacial score (nSPS) is 18.4. The first kappa shape index (κ1) is 19.8. The van der Waals surface area contributed by atoms with E-state index in [1.165, 1.54) is 55.2 Å². The SMILES string of the molecule is CCc1nc(-c2cc(OC)cc3c2CCCC3)c(CC)nc1NC(C1CC1)C1CC1. The van der Waals surface area contributed by atoms with Gasteiger partial charge in [-0.3, -0.25) is 0 Å². The Morgan fingerprint density at radius 1 is 0.967 bits per heavy atom. The van der Waals surface area contributed by atoms with Crippen molar-refractivity contribution in [1.82, 2.24) is 9.97 Å². The molecule has 2 fully saturated rings. The number of benzene rings is 1. The van der Waals surface area contributed by atoms with Crippen LogP contribution in [0.2, 0.25) is 0 Å². The van der Waals surface area contributed by atoms with Crippen molar-refractivity contribution < 1.29 is 4.74 Å². The predicted octanol–water partition coefficient (Wildman–Crippen LogP) is 5.76. The van der Waals surface area contributed by atoms with E-state index in [0.29, 0.717) is 6.04 Å². The minimum Gasteiger partial charge on any atom is -0.497 e. The molecule has 5 rings (SSSR count). The van der Waals surface area contributed by atoms with Crippen LogP contribution < -0.4 is 10.1 Å². The quantitative estimate of drug-likeness (QED) is 0.607. The van der Waals surface area contributed by atoms with Crippen LogP contribution in [0.25, 0.3) is 11.3 Å². The molecule has 0 aliphatic heterocycles. The number of ether oxygens (including phenoxy) is 1. The first-order chi connectivity index (χ1) is 14.7. The topological polar surface area (TPSA) is 47.0 Å². The summed E-state index contributed by atoms with van der Waals surface area (Å²) in [5, 5.41) is 3.86. The lowest BCUT2D eigenvalue weighted by atomic mass is 9.86. The van der Waals surface area contributed by atoms with Gasteiger partial charge in [0.2, 0.25) is 0 Å². The average Bonchev–Trinajstić information content (AvgIpc) is 3.70. The highest BCUT2D eigenvalue weighted by atomic mass is 16.5. The maximum atomic E-state index is 5.65. The third-order valence-corrected chi connectivity index (χ3v) is 7.20. The van der Waals surface area contributed by atoms with Crippen molar-refractivity contribution in [1.29, 1.82) is 0 Å². The summed E-state index contributed by atoms with van der Waals surface area (Å²) >= 11 is 0. The molecule has 3 aliphatic carbocycles. The number of aryl methyl sites for hydroxylation is 3. The Morgan fingerprint density at radius 2 is 1.67 bits per heavy atom. The summed E-state index contributed by atoms with van der Waals surface area (Å²) in [5.41, 5.74) is 7.44. The van der Waals surface area contributed by atoms with Crippen LogP contribution in [0.4, 0.5) is 5.82 Å². The second-order valence-electron chi connectivity index (χ2n) is 9.39. The van der Waals surface area contributed by atoms with Crippen molar-refractivity contribution in [3.63, 3.8) is 0 Å². The highest BCUT2D eigenvalue weighted by Gasteiger charge is 2.42. The molecule has 0 bridgehead atoms. The van der Waals surface area contributed by atoms with Gasteiger partial charge >= 0.3 is 0 Å². The molecule has 0 spiro atoms. The van der Waals surface area contributed by atoms with Gasteiger partial charge in [-0.25, -0.2) is 9.97 Å². The maximum Gasteiger partial charge on any atom is 0.148 e. The number of methoxy groups -OCH3 is 1. The largest absolute Gasteiger partial charge is 0.497 e. The standard InChI is InChI=1S/C26H35N3O/c1-4-22-25(21-15-19(30-3)14-18-8-6-7-9-20(18)21)27-23(5-2)26(28-22)29-24(16-10-11-16)17-12-13-17/h14-17,24H,4-13H2,1-3H3,(H,28,29). The first-order valence-electron chi connectivity index (χ1n) is 12.1. The molecule has 4 heteroatoms. The van der Waals surface area contributed by atoms with Crippen molar-refractivity contribution >= 4 is 5.82 Å². The van der Waals surface area contributed by atoms with E-state index < -0.39 is 0 Å². The average molecular weight is 406 g/mol. The highest BCUT2D eigenvalue weighted by Crippen LogP contribution is 2.46. The Bertz CT molecular complexity index is 918. The lowest BCUT2D eigenvalue weighted by molar-refractivity contribution is 0.414. The Hall–Kier alpha value is -2.10. The van der Waals surface area contributed by atoms with Gasteiger partial charge in [0.25, 0.3) is 0 Å². The summed E-state index contributed by atoms with van der Waals surface area (Å²) in [6.45, 7) is 4.41. The first-order valence-corrected chi connectivity index (χ1v) is 12.1. The lowest BCUT2D eigenvalue weighted by Crippen LogP contribution is -2.26. The van der Waals surface area contributed by atoms with E-state index in [1.54, 1.807) is 7.11 Å². The number of hydrogen-bond acceptors (Lipinski definition) is 4. The molecular formula is C26H35N3O. The molecule has 3 aliphatic rings. The van der Waals surface area contributed by atoms with Crippen molar-refractivity contribution in [2.45, 2.75) is 84.1 Å². The number of hydrogen-bond donors (Lipinski definition) is 1. The van der Waals surface area contributed by atoms with E-state index in [-0.39, 0.29) is 0 Å². The van der Waals surface area contributed by atoms with E-state index in [1.807, 2.05) is 0 Å². The summed E-state index contributed by atoms with van der Waals surface area (Å²) in [5.74, 6) is 3.68. The van der Waals surface area contributed by atoms with Gasteiger partial charge in [-0.2, -0.15) is 0 Å². The molecule has 0 atom stereocenters. The van der Waals surface area contributed by atoms with Crippen molar-refractivity contribution in [3.05, 3.63) is 34.6 Å². The third-order valence-electron chi connectivity index (χ3n) is 7.20. The molecule has 1 aromatic heterocycles. The van der Waals surface area contributed by atoms with Gasteiger partial charge in [-0.1, -0.05) is 13.8 Å². The fourth-order valence-corrected chi connectivity index (χ4v) is 5.19. The predicted molar refractivity (Wildman–Crippen MR) is 122 cm³/mol. The Balaban J connectivity index is 1.57. The van der Waals surface area contributed by atoms with E-state index in [2.05, 4.69) is 31.3 Å². The van der Waals surface area contributed by atoms with Crippen LogP contribution in [0.3, 0.4) is 0 Å². The smallest absolute Gasteiger partial charge is 0.148 e. The van der Waals surface area contributed by atoms with Gasteiger partial charge in [0.05, 0.1) is 24.2 Å². The van der Waals surface area contributed by atoms with E-state index >= 15 is 0 Å². The molecule has 30 heavy (non-hydrogen) atoms. The molecule has 0 unspecified atom stereocenters. The van der Waals surface area contributed by atoms with Crippen LogP contribution in [0, 0.1) is 11.8 Å². The van der Waals surface area contributed by atoms with Gasteiger partial charge in [0, 0.05) is 11.6 Å². The molecule has 2 saturated carbocycles. The maximum absolute atomic E-state index is 5.65. The summed E-state index contributed by atoms with van der Waals surface area (Å²) in [6.07, 6.45) is 12.1. The van der Waals surface area contributed by atoms with Crippen LogP contribution in [0.5, 0.6) is 5.75 Å². The number of aromatic nitrogens is 2. The minimum atomic E-state index is 0.602. The van der Waals surface area contributed by atoms with Crippen LogP contribution in [-0.4, -0.2) is 23.1 Å². The number of anilines is 1. The van der Waals surface area contributed by atoms with E-state index in [9.17, 15) is 0 Å². The Labute approximate surface area is 180 Å². The molecule has 1 aromatic carbocycles. The van der Waals surface area contributed by atoms with Gasteiger partial charge in [-0.15, -0.1) is 0 Å². The number of nitrogens with one attached hydrogen (secondary N) is 1. The molecule has 1 heterocycles. The molecule has 4 nitrogen and oxygen atoms in total. The van der Waals surface area contributed by atoms with E-state index in [0.717, 1.165) is 66.2 Å². The number of fused-ring (bicyclic) bond motifs is 1. The van der Waals surface area contributed by atoms with Crippen LogP contribution in [0.15, 0.2) is 12.1 Å². The van der Waals surface area contributed by atoms with Crippen LogP contribution in [-0.2, 0) is 25.7 Å². The Kier molecular flexibility index (Phi) is 5.43. The van der Waals surface area contributed by atoms with Crippen LogP contribution >= 0.6 is 0 Å². The molecule has 0 saturated heterocycles. The molecule has 160 valence electrons. The van der Waals surface area contributed by atoms with Crippen molar-refractivity contribution in [2.24, 2.45) is 11.8 Å². The summed E-state index contributed by atoms with van der Waals surface area (Å²) in [6, 6.07) is 5.02. The van der Waals surface area contributed by atoms with Crippen LogP contribution in [0.1, 0.15) is 74.9 Å². The van der Waals surface area contributed by atoms with Crippen molar-refractivity contribution in [2.75, 3.05) is 12.4 Å². The molecule has 2 aromatic rings. The zero-order valence-corrected chi connectivity index (χ0v) is 18.8. The summed E-state index contributed by atoms with van der Waals surface area (Å²) < 4.78 is 5.65. The minimum absolute atomic E-state index is 0.602. The molecule has 0 amide bonds. The fourth-order valence-electron chi connectivity index (χ4n) is 5.19. The molecular weight excluding hydrogens is 370 g/mol. The second kappa shape index (κ2) is 8.20. The number of rotatable bonds is 8. The summed E-state index contributed by atoms with van der Waals surface area (Å²) in [7, 11) is 1.77. The molecule has 1 N–H and O–H groups in total. The highest BCUT2D eigenvalue weighted by molar-refractivity contribution is 5.71. The van der Waals surface area contributed by atoms with Gasteiger partial charge in [0.15, 0.2) is 0 Å². The monoisotopic (exact) mass is 405 g/mol. The third kappa shape index (κ3) is 3.81. The van der Waals surface area contributed by atoms with Gasteiger partial charge in [0.1, 0.15) is 11.6 Å². The fraction of sp³-hybridized carbons (Fsp3) is 0.615.